The quantitative estimate of drug-likeness (QED) is 0.768. The minimum atomic E-state index is 0.637. The number of nitrogens with two attached hydrogens (primary N) is 1. The molecule has 1 aromatic rings. The Morgan fingerprint density at radius 1 is 1.54 bits per heavy atom. The molecule has 3 heteroatoms. The maximum atomic E-state index is 5.79. The Bertz CT molecular complexity index is 271. The molecular weight excluding hydrogens is 162 g/mol. The van der Waals surface area contributed by atoms with Gasteiger partial charge in [-0.1, -0.05) is 13.8 Å². The van der Waals surface area contributed by atoms with Gasteiger partial charge in [-0.15, -0.1) is 0 Å². The molecule has 2 N–H and O–H groups in total. The molecule has 0 aliphatic carbocycles. The lowest BCUT2D eigenvalue weighted by atomic mass is 10.2. The molecule has 0 amide bonds. The van der Waals surface area contributed by atoms with Crippen LogP contribution in [0.5, 0.6) is 0 Å². The predicted octanol–water partition coefficient (Wildman–Crippen LogP) is 1.76. The summed E-state index contributed by atoms with van der Waals surface area (Å²) in [7, 11) is 2.05. The molecule has 1 rings (SSSR count). The molecule has 72 valence electrons. The van der Waals surface area contributed by atoms with E-state index in [0.29, 0.717) is 5.92 Å². The second-order valence-corrected chi connectivity index (χ2v) is 3.71. The molecule has 0 aliphatic heterocycles. The SMILES string of the molecule is CC(C)CN(C)c1ccncc1N. The van der Waals surface area contributed by atoms with Crippen molar-refractivity contribution in [2.45, 2.75) is 13.8 Å². The third kappa shape index (κ3) is 2.61. The smallest absolute Gasteiger partial charge is 0.0738 e. The van der Waals surface area contributed by atoms with Crippen LogP contribution >= 0.6 is 0 Å². The van der Waals surface area contributed by atoms with Crippen LogP contribution in [0.3, 0.4) is 0 Å². The standard InChI is InChI=1S/C10H17N3/c1-8(2)7-13(3)10-4-5-12-6-9(10)11/h4-6,8H,7,11H2,1-3H3. The van der Waals surface area contributed by atoms with E-state index in [1.54, 1.807) is 12.4 Å². The third-order valence-electron chi connectivity index (χ3n) is 1.88. The van der Waals surface area contributed by atoms with E-state index >= 15 is 0 Å². The van der Waals surface area contributed by atoms with Crippen LogP contribution in [0.4, 0.5) is 11.4 Å². The summed E-state index contributed by atoms with van der Waals surface area (Å²) in [6, 6.07) is 1.94. The Labute approximate surface area is 79.6 Å². The van der Waals surface area contributed by atoms with E-state index in [1.165, 1.54) is 0 Å². The fourth-order valence-corrected chi connectivity index (χ4v) is 1.39. The summed E-state index contributed by atoms with van der Waals surface area (Å²) in [5.41, 5.74) is 7.59. The van der Waals surface area contributed by atoms with E-state index in [9.17, 15) is 0 Å². The highest BCUT2D eigenvalue weighted by Gasteiger charge is 2.05. The summed E-state index contributed by atoms with van der Waals surface area (Å²) in [5, 5.41) is 0. The largest absolute Gasteiger partial charge is 0.396 e. The Balaban J connectivity index is 2.76. The van der Waals surface area contributed by atoms with Gasteiger partial charge in [-0.3, -0.25) is 4.98 Å². The van der Waals surface area contributed by atoms with E-state index in [4.69, 9.17) is 5.73 Å². The van der Waals surface area contributed by atoms with Gasteiger partial charge in [0.25, 0.3) is 0 Å². The summed E-state index contributed by atoms with van der Waals surface area (Å²) < 4.78 is 0. The lowest BCUT2D eigenvalue weighted by Gasteiger charge is -2.22. The monoisotopic (exact) mass is 179 g/mol. The topological polar surface area (TPSA) is 42.2 Å². The molecule has 0 saturated heterocycles. The second-order valence-electron chi connectivity index (χ2n) is 3.71. The molecule has 1 heterocycles. The summed E-state index contributed by atoms with van der Waals surface area (Å²) in [6.07, 6.45) is 3.45. The molecule has 0 bridgehead atoms. The molecule has 3 nitrogen and oxygen atoms in total. The fourth-order valence-electron chi connectivity index (χ4n) is 1.39. The summed E-state index contributed by atoms with van der Waals surface area (Å²) >= 11 is 0. The zero-order valence-corrected chi connectivity index (χ0v) is 8.49. The zero-order valence-electron chi connectivity index (χ0n) is 8.49. The summed E-state index contributed by atoms with van der Waals surface area (Å²) in [4.78, 5) is 6.11. The van der Waals surface area contributed by atoms with Gasteiger partial charge in [0.15, 0.2) is 0 Å². The van der Waals surface area contributed by atoms with Crippen molar-refractivity contribution < 1.29 is 0 Å². The molecule has 0 saturated carbocycles. The highest BCUT2D eigenvalue weighted by Crippen LogP contribution is 2.20. The van der Waals surface area contributed by atoms with E-state index < -0.39 is 0 Å². The number of aromatic nitrogens is 1. The number of pyridine rings is 1. The normalized spacial score (nSPS) is 10.5. The maximum Gasteiger partial charge on any atom is 0.0738 e. The second kappa shape index (κ2) is 4.12. The first kappa shape index (κ1) is 9.84. The minimum Gasteiger partial charge on any atom is -0.396 e. The lowest BCUT2D eigenvalue weighted by Crippen LogP contribution is -2.23. The average Bonchev–Trinajstić information content (AvgIpc) is 2.03. The number of nitrogens with zero attached hydrogens (tertiary/aromatic N) is 2. The fraction of sp³-hybridized carbons (Fsp3) is 0.500. The zero-order chi connectivity index (χ0) is 9.84. The van der Waals surface area contributed by atoms with Crippen molar-refractivity contribution in [3.63, 3.8) is 0 Å². The van der Waals surface area contributed by atoms with E-state index in [2.05, 4.69) is 23.7 Å². The highest BCUT2D eigenvalue weighted by molar-refractivity contribution is 5.65. The van der Waals surface area contributed by atoms with Crippen LogP contribution in [-0.2, 0) is 0 Å². The van der Waals surface area contributed by atoms with Gasteiger partial charge in [-0.2, -0.15) is 0 Å². The predicted molar refractivity (Wildman–Crippen MR) is 56.8 cm³/mol. The Hall–Kier alpha value is -1.25. The molecule has 1 aromatic heterocycles. The van der Waals surface area contributed by atoms with Gasteiger partial charge in [-0.05, 0) is 12.0 Å². The molecule has 0 radical (unpaired) electrons. The first-order valence-corrected chi connectivity index (χ1v) is 4.52. The van der Waals surface area contributed by atoms with Crippen molar-refractivity contribution in [1.82, 2.24) is 4.98 Å². The van der Waals surface area contributed by atoms with Crippen LogP contribution in [0.1, 0.15) is 13.8 Å². The number of anilines is 2. The van der Waals surface area contributed by atoms with Crippen LogP contribution in [0.25, 0.3) is 0 Å². The average molecular weight is 179 g/mol. The molecule has 0 aromatic carbocycles. The molecule has 0 atom stereocenters. The minimum absolute atomic E-state index is 0.637. The van der Waals surface area contributed by atoms with Gasteiger partial charge >= 0.3 is 0 Å². The third-order valence-corrected chi connectivity index (χ3v) is 1.88. The van der Waals surface area contributed by atoms with E-state index in [-0.39, 0.29) is 0 Å². The van der Waals surface area contributed by atoms with Crippen molar-refractivity contribution in [2.75, 3.05) is 24.2 Å². The lowest BCUT2D eigenvalue weighted by molar-refractivity contribution is 0.639. The van der Waals surface area contributed by atoms with Crippen molar-refractivity contribution in [3.8, 4) is 0 Å². The van der Waals surface area contributed by atoms with Gasteiger partial charge in [0.2, 0.25) is 0 Å². The molecule has 13 heavy (non-hydrogen) atoms. The molecule has 0 aliphatic rings. The summed E-state index contributed by atoms with van der Waals surface area (Å²) in [5.74, 6) is 0.637. The molecule has 0 unspecified atom stereocenters. The Morgan fingerprint density at radius 2 is 2.23 bits per heavy atom. The Kier molecular flexibility index (Phi) is 3.12. The van der Waals surface area contributed by atoms with Gasteiger partial charge in [0.1, 0.15) is 0 Å². The number of nitrogen functional groups attached to an aromatic ring is 1. The van der Waals surface area contributed by atoms with E-state index in [1.807, 2.05) is 13.1 Å². The van der Waals surface area contributed by atoms with Crippen molar-refractivity contribution in [3.05, 3.63) is 18.5 Å². The van der Waals surface area contributed by atoms with Gasteiger partial charge in [0.05, 0.1) is 17.6 Å². The van der Waals surface area contributed by atoms with Gasteiger partial charge in [-0.25, -0.2) is 0 Å². The van der Waals surface area contributed by atoms with Gasteiger partial charge in [0, 0.05) is 19.8 Å². The van der Waals surface area contributed by atoms with Crippen molar-refractivity contribution in [2.24, 2.45) is 5.92 Å². The van der Waals surface area contributed by atoms with Crippen molar-refractivity contribution >= 4 is 11.4 Å². The maximum absolute atomic E-state index is 5.79. The van der Waals surface area contributed by atoms with Crippen LogP contribution in [-0.4, -0.2) is 18.6 Å². The number of hydrogen-bond donors (Lipinski definition) is 1. The van der Waals surface area contributed by atoms with Gasteiger partial charge < -0.3 is 10.6 Å². The van der Waals surface area contributed by atoms with Crippen LogP contribution in [0, 0.1) is 5.92 Å². The number of rotatable bonds is 3. The molecule has 0 fully saturated rings. The van der Waals surface area contributed by atoms with Crippen LogP contribution in [0.15, 0.2) is 18.5 Å². The summed E-state index contributed by atoms with van der Waals surface area (Å²) in [6.45, 7) is 5.38. The first-order valence-electron chi connectivity index (χ1n) is 4.52. The van der Waals surface area contributed by atoms with Crippen molar-refractivity contribution in [1.29, 1.82) is 0 Å². The van der Waals surface area contributed by atoms with Crippen LogP contribution < -0.4 is 10.6 Å². The first-order chi connectivity index (χ1) is 6.11. The highest BCUT2D eigenvalue weighted by atomic mass is 15.1. The number of hydrogen-bond acceptors (Lipinski definition) is 3. The van der Waals surface area contributed by atoms with E-state index in [0.717, 1.165) is 17.9 Å². The molecular formula is C10H17N3. The molecule has 0 spiro atoms. The van der Waals surface area contributed by atoms with Crippen LogP contribution in [0.2, 0.25) is 0 Å². The Morgan fingerprint density at radius 3 is 2.77 bits per heavy atom.